The quantitative estimate of drug-likeness (QED) is 0.199. The first kappa shape index (κ1) is 30.7. The molecule has 0 spiro atoms. The lowest BCUT2D eigenvalue weighted by atomic mass is 9.98. The summed E-state index contributed by atoms with van der Waals surface area (Å²) in [5.74, 6) is -3.82. The van der Waals surface area contributed by atoms with Gasteiger partial charge in [-0.3, -0.25) is 29.0 Å². The second kappa shape index (κ2) is 14.0. The van der Waals surface area contributed by atoms with Crippen LogP contribution in [0.4, 0.5) is 0 Å². The number of para-hydroxylation sites is 1. The van der Waals surface area contributed by atoms with E-state index in [1.807, 2.05) is 36.4 Å². The molecule has 0 bridgehead atoms. The van der Waals surface area contributed by atoms with E-state index in [0.717, 1.165) is 5.56 Å². The van der Waals surface area contributed by atoms with Crippen molar-refractivity contribution in [2.24, 2.45) is 5.92 Å². The molecular formula is C31H35N5O5. The monoisotopic (exact) mass is 557 g/mol. The van der Waals surface area contributed by atoms with Gasteiger partial charge in [0.1, 0.15) is 12.1 Å². The Morgan fingerprint density at radius 3 is 2.15 bits per heavy atom. The summed E-state index contributed by atoms with van der Waals surface area (Å²) in [4.78, 5) is 68.8. The highest BCUT2D eigenvalue weighted by atomic mass is 16.2. The lowest BCUT2D eigenvalue weighted by molar-refractivity contribution is -0.141. The van der Waals surface area contributed by atoms with E-state index < -0.39 is 53.5 Å². The standard InChI is InChI=1S/C31H35N5O5/c1-18(2)25(27(37)31(41)33-17-21-11-7-6-8-12-21)35-28(38)20(5)34-30(40)26(19(3)4)36-29(39)23-15-16-32-24-14-10-9-13-22(23)24/h6-16,18,20,25-26H,3,17H2,1-2,4-5H3,(H,33,41)(H,34,40)(H,35,38)(H,36,39)/t20-,25-,26-/m0/s1. The van der Waals surface area contributed by atoms with Gasteiger partial charge in [-0.1, -0.05) is 69.0 Å². The van der Waals surface area contributed by atoms with Crippen LogP contribution >= 0.6 is 0 Å². The van der Waals surface area contributed by atoms with E-state index in [0.29, 0.717) is 22.0 Å². The maximum absolute atomic E-state index is 13.1. The van der Waals surface area contributed by atoms with Crippen LogP contribution in [0.5, 0.6) is 0 Å². The molecule has 0 fully saturated rings. The highest BCUT2D eigenvalue weighted by Crippen LogP contribution is 2.16. The molecular weight excluding hydrogens is 522 g/mol. The summed E-state index contributed by atoms with van der Waals surface area (Å²) in [7, 11) is 0. The van der Waals surface area contributed by atoms with Gasteiger partial charge in [-0.2, -0.15) is 0 Å². The van der Waals surface area contributed by atoms with Crippen LogP contribution in [0.3, 0.4) is 0 Å². The Labute approximate surface area is 239 Å². The Bertz CT molecular complexity index is 1450. The van der Waals surface area contributed by atoms with Crippen LogP contribution in [-0.2, 0) is 25.7 Å². The highest BCUT2D eigenvalue weighted by Gasteiger charge is 2.32. The first-order valence-electron chi connectivity index (χ1n) is 13.3. The van der Waals surface area contributed by atoms with Gasteiger partial charge in [-0.15, -0.1) is 0 Å². The zero-order chi connectivity index (χ0) is 30.1. The van der Waals surface area contributed by atoms with Crippen molar-refractivity contribution in [3.8, 4) is 0 Å². The van der Waals surface area contributed by atoms with Gasteiger partial charge in [0, 0.05) is 18.1 Å². The van der Waals surface area contributed by atoms with Crippen LogP contribution in [0.2, 0.25) is 0 Å². The summed E-state index contributed by atoms with van der Waals surface area (Å²) in [5, 5.41) is 11.0. The number of nitrogens with zero attached hydrogens (tertiary/aromatic N) is 1. The number of carbonyl (C=O) groups excluding carboxylic acids is 5. The highest BCUT2D eigenvalue weighted by molar-refractivity contribution is 6.38. The Kier molecular flexibility index (Phi) is 10.5. The number of hydrogen-bond donors (Lipinski definition) is 4. The molecule has 0 radical (unpaired) electrons. The van der Waals surface area contributed by atoms with Gasteiger partial charge in [0.05, 0.1) is 17.1 Å². The van der Waals surface area contributed by atoms with Crippen molar-refractivity contribution >= 4 is 40.3 Å². The van der Waals surface area contributed by atoms with E-state index in [2.05, 4.69) is 32.8 Å². The lowest BCUT2D eigenvalue weighted by Crippen LogP contribution is -2.57. The first-order valence-corrected chi connectivity index (χ1v) is 13.3. The first-order chi connectivity index (χ1) is 19.5. The van der Waals surface area contributed by atoms with E-state index in [1.165, 1.54) is 13.1 Å². The SMILES string of the molecule is C=C(C)[C@H](NC(=O)c1ccnc2ccccc12)C(=O)N[C@@H](C)C(=O)N[C@H](C(=O)C(=O)NCc1ccccc1)C(C)C. The molecule has 2 aromatic carbocycles. The average molecular weight is 558 g/mol. The third-order valence-corrected chi connectivity index (χ3v) is 6.44. The van der Waals surface area contributed by atoms with Crippen LogP contribution in [0, 0.1) is 5.92 Å². The number of rotatable bonds is 12. The Morgan fingerprint density at radius 2 is 1.49 bits per heavy atom. The predicted molar refractivity (Wildman–Crippen MR) is 155 cm³/mol. The van der Waals surface area contributed by atoms with Gasteiger partial charge < -0.3 is 21.3 Å². The molecule has 0 aliphatic rings. The lowest BCUT2D eigenvalue weighted by Gasteiger charge is -2.25. The molecule has 3 aromatic rings. The van der Waals surface area contributed by atoms with E-state index in [9.17, 15) is 24.0 Å². The van der Waals surface area contributed by atoms with E-state index in [-0.39, 0.29) is 6.54 Å². The third kappa shape index (κ3) is 8.07. The normalized spacial score (nSPS) is 13.0. The fourth-order valence-corrected chi connectivity index (χ4v) is 4.10. The van der Waals surface area contributed by atoms with Crippen LogP contribution in [0.25, 0.3) is 10.9 Å². The van der Waals surface area contributed by atoms with Gasteiger partial charge in [0.15, 0.2) is 0 Å². The number of benzene rings is 2. The number of nitrogens with one attached hydrogen (secondary N) is 4. The number of hydrogen-bond acceptors (Lipinski definition) is 6. The summed E-state index contributed by atoms with van der Waals surface area (Å²) in [6, 6.07) is 14.5. The van der Waals surface area contributed by atoms with Gasteiger partial charge in [0.25, 0.3) is 11.8 Å². The molecule has 10 heteroatoms. The largest absolute Gasteiger partial charge is 0.345 e. The number of amides is 4. The molecule has 3 rings (SSSR count). The molecule has 41 heavy (non-hydrogen) atoms. The van der Waals surface area contributed by atoms with Crippen molar-refractivity contribution in [1.29, 1.82) is 0 Å². The third-order valence-electron chi connectivity index (χ3n) is 6.44. The second-order valence-electron chi connectivity index (χ2n) is 10.1. The molecule has 3 atom stereocenters. The maximum Gasteiger partial charge on any atom is 0.289 e. The zero-order valence-electron chi connectivity index (χ0n) is 23.6. The predicted octanol–water partition coefficient (Wildman–Crippen LogP) is 2.44. The van der Waals surface area contributed by atoms with Crippen molar-refractivity contribution < 1.29 is 24.0 Å². The van der Waals surface area contributed by atoms with E-state index in [1.54, 1.807) is 45.0 Å². The van der Waals surface area contributed by atoms with Crippen LogP contribution in [0.1, 0.15) is 43.6 Å². The molecule has 1 heterocycles. The Morgan fingerprint density at radius 1 is 0.829 bits per heavy atom. The Hall–Kier alpha value is -4.86. The van der Waals surface area contributed by atoms with Crippen molar-refractivity contribution in [3.63, 3.8) is 0 Å². The second-order valence-corrected chi connectivity index (χ2v) is 10.1. The van der Waals surface area contributed by atoms with E-state index >= 15 is 0 Å². The minimum Gasteiger partial charge on any atom is -0.345 e. The minimum absolute atomic E-state index is 0.167. The fourth-order valence-electron chi connectivity index (χ4n) is 4.10. The van der Waals surface area contributed by atoms with Crippen molar-refractivity contribution in [2.45, 2.75) is 52.4 Å². The number of ketones is 1. The molecule has 0 aliphatic carbocycles. The molecule has 1 aromatic heterocycles. The molecule has 0 aliphatic heterocycles. The van der Waals surface area contributed by atoms with Gasteiger partial charge in [-0.05, 0) is 43.0 Å². The van der Waals surface area contributed by atoms with Gasteiger partial charge in [0.2, 0.25) is 17.6 Å². The van der Waals surface area contributed by atoms with Crippen LogP contribution < -0.4 is 21.3 Å². The molecule has 214 valence electrons. The summed E-state index contributed by atoms with van der Waals surface area (Å²) in [6.07, 6.45) is 1.51. The van der Waals surface area contributed by atoms with Crippen molar-refractivity contribution in [3.05, 3.63) is 90.1 Å². The molecule has 4 N–H and O–H groups in total. The number of aromatic nitrogens is 1. The van der Waals surface area contributed by atoms with E-state index in [4.69, 9.17) is 0 Å². The van der Waals surface area contributed by atoms with Gasteiger partial charge in [-0.25, -0.2) is 0 Å². The molecule has 0 saturated carbocycles. The maximum atomic E-state index is 13.1. The average Bonchev–Trinajstić information content (AvgIpc) is 2.96. The summed E-state index contributed by atoms with van der Waals surface area (Å²) < 4.78 is 0. The minimum atomic E-state index is -1.13. The van der Waals surface area contributed by atoms with Crippen molar-refractivity contribution in [1.82, 2.24) is 26.3 Å². The smallest absolute Gasteiger partial charge is 0.289 e. The Balaban J connectivity index is 1.62. The molecule has 0 unspecified atom stereocenters. The van der Waals surface area contributed by atoms with Gasteiger partial charge >= 0.3 is 0 Å². The van der Waals surface area contributed by atoms with Crippen molar-refractivity contribution in [2.75, 3.05) is 0 Å². The zero-order valence-corrected chi connectivity index (χ0v) is 23.6. The molecule has 10 nitrogen and oxygen atoms in total. The summed E-state index contributed by atoms with van der Waals surface area (Å²) >= 11 is 0. The molecule has 0 saturated heterocycles. The number of pyridine rings is 1. The number of carbonyl (C=O) groups is 5. The number of fused-ring (bicyclic) bond motifs is 1. The van der Waals surface area contributed by atoms with Crippen LogP contribution in [0.15, 0.2) is 79.0 Å². The molecule has 4 amide bonds. The summed E-state index contributed by atoms with van der Waals surface area (Å²) in [6.45, 7) is 10.4. The number of Topliss-reactive ketones (excluding diaryl/α,β-unsaturated/α-hetero) is 1. The summed E-state index contributed by atoms with van der Waals surface area (Å²) in [5.41, 5.74) is 2.15. The van der Waals surface area contributed by atoms with Crippen LogP contribution in [-0.4, -0.2) is 52.5 Å². The fraction of sp³-hybridized carbons (Fsp3) is 0.290. The topological polar surface area (TPSA) is 146 Å².